The molecule has 45 heavy (non-hydrogen) atoms. The molecule has 1 saturated heterocycles. The Bertz CT molecular complexity index is 1410. The summed E-state index contributed by atoms with van der Waals surface area (Å²) in [5.41, 5.74) is -0.499. The van der Waals surface area contributed by atoms with E-state index in [2.05, 4.69) is 15.7 Å². The molecule has 2 heterocycles. The van der Waals surface area contributed by atoms with Gasteiger partial charge in [0.2, 0.25) is 11.8 Å². The average molecular weight is 620 g/mol. The monoisotopic (exact) mass is 619 g/mol. The van der Waals surface area contributed by atoms with Gasteiger partial charge in [-0.3, -0.25) is 14.4 Å². The van der Waals surface area contributed by atoms with Gasteiger partial charge in [-0.05, 0) is 59.1 Å². The number of nitrogens with zero attached hydrogens (tertiary/aromatic N) is 3. The van der Waals surface area contributed by atoms with E-state index in [4.69, 9.17) is 9.47 Å². The summed E-state index contributed by atoms with van der Waals surface area (Å²) in [5.74, 6) is -1.09. The number of nitrogens with one attached hydrogen (secondary N) is 2. The fourth-order valence-corrected chi connectivity index (χ4v) is 5.55. The van der Waals surface area contributed by atoms with Crippen molar-refractivity contribution in [3.63, 3.8) is 0 Å². The predicted octanol–water partition coefficient (Wildman–Crippen LogP) is 3.67. The molecule has 0 bridgehead atoms. The highest BCUT2D eigenvalue weighted by molar-refractivity contribution is 6.14. The Morgan fingerprint density at radius 2 is 1.60 bits per heavy atom. The molecule has 4 rings (SSSR count). The molecule has 2 aliphatic heterocycles. The van der Waals surface area contributed by atoms with E-state index >= 15 is 0 Å². The van der Waals surface area contributed by atoms with Crippen LogP contribution >= 0.6 is 0 Å². The van der Waals surface area contributed by atoms with Crippen LogP contribution in [0.15, 0.2) is 65.8 Å². The van der Waals surface area contributed by atoms with E-state index in [1.807, 2.05) is 67.6 Å². The Morgan fingerprint density at radius 3 is 2.20 bits per heavy atom. The molecule has 2 aliphatic rings. The first kappa shape index (κ1) is 33.6. The van der Waals surface area contributed by atoms with Crippen LogP contribution in [0.2, 0.25) is 0 Å². The second kappa shape index (κ2) is 13.8. The summed E-state index contributed by atoms with van der Waals surface area (Å²) in [4.78, 5) is 55.7. The molecule has 0 radical (unpaired) electrons. The zero-order valence-electron chi connectivity index (χ0n) is 27.1. The molecule has 2 atom stereocenters. The molecule has 11 heteroatoms. The molecule has 2 aromatic rings. The van der Waals surface area contributed by atoms with E-state index in [1.165, 1.54) is 18.9 Å². The quantitative estimate of drug-likeness (QED) is 0.395. The first-order chi connectivity index (χ1) is 21.2. The van der Waals surface area contributed by atoms with E-state index in [9.17, 15) is 19.2 Å². The number of piperidine rings is 1. The number of fused-ring (bicyclic) bond motifs is 1. The third-order valence-electron chi connectivity index (χ3n) is 7.86. The molecule has 11 nitrogen and oxygen atoms in total. The van der Waals surface area contributed by atoms with Gasteiger partial charge >= 0.3 is 6.09 Å². The smallest absolute Gasteiger partial charge is 0.408 e. The number of carbonyl (C=O) groups excluding carboxylic acids is 4. The standard InChI is InChI=1S/C34H45N5O6/c1-7-39-30(42)34(20-24-14-10-8-11-15-24)23-38(19-18-27(34)37-39)28(40)26(22-44-21-25-16-12-9-13-17-25)35-29(41)33(5,6)36-31(43)45-32(2,3)4/h8-17,26H,7,18-23H2,1-6H3,(H,35,41)(H,36,43). The third-order valence-corrected chi connectivity index (χ3v) is 7.86. The van der Waals surface area contributed by atoms with Crippen LogP contribution in [0.4, 0.5) is 4.79 Å². The number of alkyl carbamates (subject to hydrolysis) is 1. The first-order valence-electron chi connectivity index (χ1n) is 15.4. The molecule has 0 saturated carbocycles. The zero-order valence-corrected chi connectivity index (χ0v) is 27.1. The second-order valence-corrected chi connectivity index (χ2v) is 13.1. The zero-order chi connectivity index (χ0) is 32.8. The van der Waals surface area contributed by atoms with Crippen LogP contribution in [0, 0.1) is 5.41 Å². The van der Waals surface area contributed by atoms with E-state index in [-0.39, 0.29) is 31.6 Å². The van der Waals surface area contributed by atoms with Gasteiger partial charge in [0.1, 0.15) is 22.6 Å². The highest BCUT2D eigenvalue weighted by Crippen LogP contribution is 2.38. The van der Waals surface area contributed by atoms with E-state index in [0.717, 1.165) is 16.8 Å². The van der Waals surface area contributed by atoms with Crippen LogP contribution in [0.3, 0.4) is 0 Å². The van der Waals surface area contributed by atoms with Gasteiger partial charge in [0.25, 0.3) is 5.91 Å². The number of hydrogen-bond donors (Lipinski definition) is 2. The number of rotatable bonds is 11. The Morgan fingerprint density at radius 1 is 0.978 bits per heavy atom. The molecule has 242 valence electrons. The minimum Gasteiger partial charge on any atom is -0.444 e. The number of hydrogen-bond acceptors (Lipinski definition) is 7. The Balaban J connectivity index is 1.56. The molecule has 0 spiro atoms. The largest absolute Gasteiger partial charge is 0.444 e. The third kappa shape index (κ3) is 8.27. The van der Waals surface area contributed by atoms with Crippen LogP contribution in [0.25, 0.3) is 0 Å². The number of amides is 4. The lowest BCUT2D eigenvalue weighted by atomic mass is 9.73. The van der Waals surface area contributed by atoms with E-state index in [0.29, 0.717) is 25.9 Å². The van der Waals surface area contributed by atoms with Crippen molar-refractivity contribution in [1.82, 2.24) is 20.5 Å². The fraction of sp³-hybridized carbons (Fsp3) is 0.500. The molecular formula is C34H45N5O6. The lowest BCUT2D eigenvalue weighted by Gasteiger charge is -2.41. The second-order valence-electron chi connectivity index (χ2n) is 13.1. The lowest BCUT2D eigenvalue weighted by molar-refractivity contribution is -0.144. The van der Waals surface area contributed by atoms with Gasteiger partial charge < -0.3 is 25.0 Å². The number of carbonyl (C=O) groups is 4. The van der Waals surface area contributed by atoms with E-state index < -0.39 is 34.6 Å². The Labute approximate surface area is 265 Å². The molecule has 2 unspecified atom stereocenters. The summed E-state index contributed by atoms with van der Waals surface area (Å²) in [6, 6.07) is 18.1. The maximum absolute atomic E-state index is 14.2. The topological polar surface area (TPSA) is 130 Å². The van der Waals surface area contributed by atoms with Gasteiger partial charge in [-0.2, -0.15) is 5.10 Å². The number of hydrazone groups is 1. The van der Waals surface area contributed by atoms with Gasteiger partial charge in [0, 0.05) is 26.1 Å². The Kier molecular flexibility index (Phi) is 10.3. The van der Waals surface area contributed by atoms with Gasteiger partial charge in [-0.25, -0.2) is 9.80 Å². The van der Waals surface area contributed by atoms with Crippen LogP contribution < -0.4 is 10.6 Å². The van der Waals surface area contributed by atoms with Crippen molar-refractivity contribution in [2.45, 2.75) is 78.2 Å². The van der Waals surface area contributed by atoms with Crippen LogP contribution in [0.1, 0.15) is 59.1 Å². The van der Waals surface area contributed by atoms with Crippen LogP contribution in [-0.4, -0.2) is 82.9 Å². The van der Waals surface area contributed by atoms with Crippen molar-refractivity contribution in [3.8, 4) is 0 Å². The highest BCUT2D eigenvalue weighted by Gasteiger charge is 2.54. The normalized spacial score (nSPS) is 19.0. The molecular weight excluding hydrogens is 574 g/mol. The van der Waals surface area contributed by atoms with Crippen molar-refractivity contribution in [3.05, 3.63) is 71.8 Å². The first-order valence-corrected chi connectivity index (χ1v) is 15.4. The summed E-state index contributed by atoms with van der Waals surface area (Å²) in [6.07, 6.45) is 0.0786. The molecule has 2 N–H and O–H groups in total. The fourth-order valence-electron chi connectivity index (χ4n) is 5.55. The average Bonchev–Trinajstić information content (AvgIpc) is 3.26. The van der Waals surface area contributed by atoms with Crippen molar-refractivity contribution >= 4 is 29.5 Å². The van der Waals surface area contributed by atoms with Crippen molar-refractivity contribution in [2.24, 2.45) is 10.5 Å². The minimum atomic E-state index is -1.40. The minimum absolute atomic E-state index is 0.111. The predicted molar refractivity (Wildman–Crippen MR) is 170 cm³/mol. The van der Waals surface area contributed by atoms with Crippen LogP contribution in [0.5, 0.6) is 0 Å². The molecule has 2 aromatic carbocycles. The van der Waals surface area contributed by atoms with Crippen LogP contribution in [-0.2, 0) is 36.9 Å². The molecule has 4 amide bonds. The maximum atomic E-state index is 14.2. The molecule has 1 fully saturated rings. The molecule has 0 aliphatic carbocycles. The molecule has 0 aromatic heterocycles. The number of likely N-dealkylation sites (tertiary alicyclic amines) is 1. The summed E-state index contributed by atoms with van der Waals surface area (Å²) < 4.78 is 11.3. The van der Waals surface area contributed by atoms with E-state index in [1.54, 1.807) is 25.7 Å². The van der Waals surface area contributed by atoms with Crippen molar-refractivity contribution in [2.75, 3.05) is 26.2 Å². The van der Waals surface area contributed by atoms with Crippen molar-refractivity contribution < 1.29 is 28.7 Å². The number of ether oxygens (including phenoxy) is 2. The summed E-state index contributed by atoms with van der Waals surface area (Å²) in [5, 5.41) is 11.5. The summed E-state index contributed by atoms with van der Waals surface area (Å²) in [6.45, 7) is 11.1. The lowest BCUT2D eigenvalue weighted by Crippen LogP contribution is -2.63. The maximum Gasteiger partial charge on any atom is 0.408 e. The van der Waals surface area contributed by atoms with Gasteiger partial charge in [0.05, 0.1) is 18.9 Å². The van der Waals surface area contributed by atoms with Gasteiger partial charge in [0.15, 0.2) is 0 Å². The number of benzene rings is 2. The van der Waals surface area contributed by atoms with Gasteiger partial charge in [-0.1, -0.05) is 60.7 Å². The summed E-state index contributed by atoms with van der Waals surface area (Å²) in [7, 11) is 0. The summed E-state index contributed by atoms with van der Waals surface area (Å²) >= 11 is 0. The highest BCUT2D eigenvalue weighted by atomic mass is 16.6. The SMILES string of the molecule is CCN1N=C2CCN(C(=O)C(COCc3ccccc3)NC(=O)C(C)(C)NC(=O)OC(C)(C)C)CC2(Cc2ccccc2)C1=O. The van der Waals surface area contributed by atoms with Gasteiger partial charge in [-0.15, -0.1) is 0 Å². The van der Waals surface area contributed by atoms with Crippen molar-refractivity contribution in [1.29, 1.82) is 0 Å². The Hall–Kier alpha value is -4.25.